The lowest BCUT2D eigenvalue weighted by atomic mass is 10.0. The molecule has 18 heavy (non-hydrogen) atoms. The number of hydrogen-bond donors (Lipinski definition) is 1. The molecular formula is C14H13ClN2O. The number of nitrogens with one attached hydrogen (secondary N) is 1. The van der Waals surface area contributed by atoms with Crippen molar-refractivity contribution in [3.8, 4) is 0 Å². The number of benzene rings is 1. The maximum Gasteiger partial charge on any atom is 0.253 e. The van der Waals surface area contributed by atoms with Crippen molar-refractivity contribution in [2.45, 2.75) is 12.8 Å². The number of fused-ring (bicyclic) bond motifs is 1. The number of rotatable bonds is 0. The third-order valence-corrected chi connectivity index (χ3v) is 3.58. The fourth-order valence-corrected chi connectivity index (χ4v) is 2.60. The number of carbonyl (C=O) groups is 1. The van der Waals surface area contributed by atoms with Gasteiger partial charge in [-0.15, -0.1) is 0 Å². The highest BCUT2D eigenvalue weighted by molar-refractivity contribution is 6.31. The Morgan fingerprint density at radius 3 is 3.06 bits per heavy atom. The van der Waals surface area contributed by atoms with Crippen LogP contribution in [0.5, 0.6) is 0 Å². The molecule has 1 aromatic rings. The van der Waals surface area contributed by atoms with E-state index < -0.39 is 0 Å². The number of anilines is 2. The first kappa shape index (κ1) is 11.4. The minimum Gasteiger partial charge on any atom is -0.343 e. The Labute approximate surface area is 111 Å². The fourth-order valence-electron chi connectivity index (χ4n) is 2.42. The van der Waals surface area contributed by atoms with Crippen molar-refractivity contribution in [2.24, 2.45) is 0 Å². The van der Waals surface area contributed by atoms with Crippen molar-refractivity contribution in [3.05, 3.63) is 46.6 Å². The Morgan fingerprint density at radius 2 is 2.22 bits per heavy atom. The van der Waals surface area contributed by atoms with Gasteiger partial charge in [0.05, 0.1) is 11.4 Å². The smallest absolute Gasteiger partial charge is 0.253 e. The van der Waals surface area contributed by atoms with E-state index in [1.54, 1.807) is 6.07 Å². The molecule has 0 atom stereocenters. The predicted octanol–water partition coefficient (Wildman–Crippen LogP) is 3.33. The number of nitrogens with zero attached hydrogens (tertiary/aromatic N) is 1. The molecule has 0 aromatic heterocycles. The van der Waals surface area contributed by atoms with E-state index in [0.29, 0.717) is 5.02 Å². The van der Waals surface area contributed by atoms with Crippen LogP contribution in [0.1, 0.15) is 12.8 Å². The molecular weight excluding hydrogens is 248 g/mol. The molecule has 0 saturated carbocycles. The summed E-state index contributed by atoms with van der Waals surface area (Å²) in [6.45, 7) is 0. The Morgan fingerprint density at radius 1 is 1.39 bits per heavy atom. The van der Waals surface area contributed by atoms with Crippen LogP contribution < -0.4 is 10.2 Å². The minimum absolute atomic E-state index is 0.0257. The van der Waals surface area contributed by atoms with Crippen LogP contribution in [-0.2, 0) is 4.79 Å². The third-order valence-electron chi connectivity index (χ3n) is 3.35. The van der Waals surface area contributed by atoms with Crippen LogP contribution in [0.3, 0.4) is 0 Å². The van der Waals surface area contributed by atoms with Gasteiger partial charge >= 0.3 is 0 Å². The largest absolute Gasteiger partial charge is 0.343 e. The molecule has 1 amide bonds. The first-order valence-corrected chi connectivity index (χ1v) is 6.29. The van der Waals surface area contributed by atoms with E-state index >= 15 is 0 Å². The monoisotopic (exact) mass is 260 g/mol. The third kappa shape index (κ3) is 1.71. The van der Waals surface area contributed by atoms with Crippen LogP contribution in [0.2, 0.25) is 5.02 Å². The Bertz CT molecular complexity index is 589. The SMILES string of the molecule is CN1C2=C(CCC=C2)C(=O)Nc2cc(Cl)ccc21. The summed E-state index contributed by atoms with van der Waals surface area (Å²) in [7, 11) is 1.97. The van der Waals surface area contributed by atoms with Crippen molar-refractivity contribution in [1.29, 1.82) is 0 Å². The van der Waals surface area contributed by atoms with Gasteiger partial charge in [0, 0.05) is 23.3 Å². The van der Waals surface area contributed by atoms with Crippen molar-refractivity contribution in [2.75, 3.05) is 17.3 Å². The van der Waals surface area contributed by atoms with Gasteiger partial charge in [-0.2, -0.15) is 0 Å². The van der Waals surface area contributed by atoms with E-state index in [9.17, 15) is 4.79 Å². The highest BCUT2D eigenvalue weighted by Crippen LogP contribution is 2.36. The second-order valence-electron chi connectivity index (χ2n) is 4.48. The molecule has 2 aliphatic rings. The second kappa shape index (κ2) is 4.18. The minimum atomic E-state index is -0.0257. The Balaban J connectivity index is 2.17. The highest BCUT2D eigenvalue weighted by atomic mass is 35.5. The molecule has 1 N–H and O–H groups in total. The number of amides is 1. The summed E-state index contributed by atoms with van der Waals surface area (Å²) >= 11 is 5.98. The molecule has 0 spiro atoms. The lowest BCUT2D eigenvalue weighted by Crippen LogP contribution is -2.19. The summed E-state index contributed by atoms with van der Waals surface area (Å²) in [6.07, 6.45) is 5.81. The molecule has 1 aliphatic heterocycles. The van der Waals surface area contributed by atoms with E-state index in [1.165, 1.54) is 0 Å². The van der Waals surface area contributed by atoms with Gasteiger partial charge in [-0.3, -0.25) is 4.79 Å². The zero-order valence-electron chi connectivity index (χ0n) is 10.0. The van der Waals surface area contributed by atoms with Gasteiger partial charge in [0.25, 0.3) is 5.91 Å². The van der Waals surface area contributed by atoms with Crippen molar-refractivity contribution in [1.82, 2.24) is 0 Å². The molecule has 4 heteroatoms. The standard InChI is InChI=1S/C14H13ClN2O/c1-17-12-5-3-2-4-10(12)14(18)16-11-8-9(15)6-7-13(11)17/h3,5-8H,2,4H2,1H3,(H,16,18). The molecule has 0 saturated heterocycles. The first-order valence-electron chi connectivity index (χ1n) is 5.91. The highest BCUT2D eigenvalue weighted by Gasteiger charge is 2.25. The normalized spacial score (nSPS) is 18.1. The van der Waals surface area contributed by atoms with Crippen LogP contribution >= 0.6 is 11.6 Å². The lowest BCUT2D eigenvalue weighted by Gasteiger charge is -2.23. The van der Waals surface area contributed by atoms with E-state index in [0.717, 1.165) is 35.5 Å². The average Bonchev–Trinajstić information content (AvgIpc) is 2.47. The molecule has 0 unspecified atom stereocenters. The summed E-state index contributed by atoms with van der Waals surface area (Å²) in [4.78, 5) is 14.2. The molecule has 1 heterocycles. The zero-order chi connectivity index (χ0) is 12.7. The number of allylic oxidation sites excluding steroid dienone is 2. The molecule has 92 valence electrons. The number of halogens is 1. The zero-order valence-corrected chi connectivity index (χ0v) is 10.8. The van der Waals surface area contributed by atoms with Crippen LogP contribution in [-0.4, -0.2) is 13.0 Å². The van der Waals surface area contributed by atoms with E-state index in [-0.39, 0.29) is 5.91 Å². The summed E-state index contributed by atoms with van der Waals surface area (Å²) in [5, 5.41) is 3.56. The predicted molar refractivity (Wildman–Crippen MR) is 73.9 cm³/mol. The van der Waals surface area contributed by atoms with Crippen LogP contribution in [0.4, 0.5) is 11.4 Å². The topological polar surface area (TPSA) is 32.3 Å². The maximum atomic E-state index is 12.2. The van der Waals surface area contributed by atoms with Gasteiger partial charge in [-0.05, 0) is 37.1 Å². The summed E-state index contributed by atoms with van der Waals surface area (Å²) in [5.74, 6) is -0.0257. The Hall–Kier alpha value is -1.74. The first-order chi connectivity index (χ1) is 8.66. The second-order valence-corrected chi connectivity index (χ2v) is 4.92. The van der Waals surface area contributed by atoms with Gasteiger partial charge < -0.3 is 10.2 Å². The van der Waals surface area contributed by atoms with Gasteiger partial charge in [0.15, 0.2) is 0 Å². The van der Waals surface area contributed by atoms with Gasteiger partial charge in [-0.25, -0.2) is 0 Å². The fraction of sp³-hybridized carbons (Fsp3) is 0.214. The van der Waals surface area contributed by atoms with E-state index in [4.69, 9.17) is 11.6 Å². The molecule has 0 radical (unpaired) electrons. The Kier molecular flexibility index (Phi) is 2.63. The van der Waals surface area contributed by atoms with Crippen LogP contribution in [0, 0.1) is 0 Å². The van der Waals surface area contributed by atoms with Crippen molar-refractivity contribution >= 4 is 28.9 Å². The van der Waals surface area contributed by atoms with Crippen LogP contribution in [0.25, 0.3) is 0 Å². The van der Waals surface area contributed by atoms with Gasteiger partial charge in [0.2, 0.25) is 0 Å². The summed E-state index contributed by atoms with van der Waals surface area (Å²) in [6, 6.07) is 5.55. The number of likely N-dealkylation sites (N-methyl/N-ethyl adjacent to an activating group) is 1. The molecule has 0 bridgehead atoms. The average molecular weight is 261 g/mol. The van der Waals surface area contributed by atoms with Gasteiger partial charge in [-0.1, -0.05) is 17.7 Å². The maximum absolute atomic E-state index is 12.2. The quantitative estimate of drug-likeness (QED) is 0.776. The summed E-state index contributed by atoms with van der Waals surface area (Å²) in [5.41, 5.74) is 3.54. The lowest BCUT2D eigenvalue weighted by molar-refractivity contribution is -0.113. The van der Waals surface area contributed by atoms with E-state index in [1.807, 2.05) is 30.2 Å². The van der Waals surface area contributed by atoms with Gasteiger partial charge in [0.1, 0.15) is 0 Å². The molecule has 1 aromatic carbocycles. The summed E-state index contributed by atoms with van der Waals surface area (Å²) < 4.78 is 0. The molecule has 3 rings (SSSR count). The number of carbonyl (C=O) groups excluding carboxylic acids is 1. The number of hydrogen-bond acceptors (Lipinski definition) is 2. The van der Waals surface area contributed by atoms with Crippen molar-refractivity contribution in [3.63, 3.8) is 0 Å². The van der Waals surface area contributed by atoms with Crippen molar-refractivity contribution < 1.29 is 4.79 Å². The van der Waals surface area contributed by atoms with E-state index in [2.05, 4.69) is 11.4 Å². The molecule has 3 nitrogen and oxygen atoms in total. The molecule has 0 fully saturated rings. The molecule has 1 aliphatic carbocycles. The van der Waals surface area contributed by atoms with Crippen LogP contribution in [0.15, 0.2) is 41.6 Å².